The van der Waals surface area contributed by atoms with E-state index in [1.165, 1.54) is 11.8 Å². The third-order valence-electron chi connectivity index (χ3n) is 3.14. The molecule has 5 nitrogen and oxygen atoms in total. The molecule has 118 valence electrons. The molecular formula is C14H21F2N3O2. The molecule has 0 heterocycles. The molecule has 0 aliphatic heterocycles. The van der Waals surface area contributed by atoms with Gasteiger partial charge in [-0.2, -0.15) is 0 Å². The fraction of sp³-hybridized carbons (Fsp3) is 0.500. The molecule has 4 N–H and O–H groups in total. The van der Waals surface area contributed by atoms with Gasteiger partial charge in [-0.05, 0) is 24.6 Å². The topological polar surface area (TPSA) is 78.6 Å². The normalized spacial score (nSPS) is 12.7. The van der Waals surface area contributed by atoms with Crippen LogP contribution in [0.3, 0.4) is 0 Å². The maximum absolute atomic E-state index is 12.5. The summed E-state index contributed by atoms with van der Waals surface area (Å²) in [7, 11) is 0. The van der Waals surface area contributed by atoms with Crippen molar-refractivity contribution >= 4 is 11.6 Å². The number of halogens is 2. The summed E-state index contributed by atoms with van der Waals surface area (Å²) in [5, 5.41) is 11.6. The highest BCUT2D eigenvalue weighted by atomic mass is 19.3. The summed E-state index contributed by atoms with van der Waals surface area (Å²) >= 11 is 0. The van der Waals surface area contributed by atoms with E-state index < -0.39 is 24.9 Å². The van der Waals surface area contributed by atoms with E-state index in [0.29, 0.717) is 12.2 Å². The molecule has 0 saturated carbocycles. The van der Waals surface area contributed by atoms with Crippen LogP contribution in [0.25, 0.3) is 0 Å². The summed E-state index contributed by atoms with van der Waals surface area (Å²) in [5.74, 6) is -0.399. The van der Waals surface area contributed by atoms with Gasteiger partial charge in [0.05, 0.1) is 19.2 Å². The van der Waals surface area contributed by atoms with Crippen molar-refractivity contribution in [2.45, 2.75) is 25.9 Å². The highest BCUT2D eigenvalue weighted by Crippen LogP contribution is 2.11. The van der Waals surface area contributed by atoms with Crippen LogP contribution < -0.4 is 11.1 Å². The molecule has 1 rings (SSSR count). The maximum Gasteiger partial charge on any atom is 0.251 e. The van der Waals surface area contributed by atoms with E-state index in [1.54, 1.807) is 24.3 Å². The number of aliphatic hydroxyl groups excluding tert-OH is 1. The molecule has 0 fully saturated rings. The standard InChI is InChI=1S/C14H21F2N3O2/c1-10(19(6-7-20)9-13(15)16)14(21)18-12-4-2-11(8-17)3-5-12/h2-5,10,13,20H,6-9,17H2,1H3,(H,18,21). The second-order valence-corrected chi connectivity index (χ2v) is 4.68. The number of carbonyl (C=O) groups is 1. The van der Waals surface area contributed by atoms with Crippen LogP contribution in [0.1, 0.15) is 12.5 Å². The Morgan fingerprint density at radius 1 is 1.38 bits per heavy atom. The Labute approximate surface area is 122 Å². The Morgan fingerprint density at radius 3 is 2.48 bits per heavy atom. The Hall–Kier alpha value is -1.57. The molecule has 21 heavy (non-hydrogen) atoms. The van der Waals surface area contributed by atoms with Crippen molar-refractivity contribution < 1.29 is 18.7 Å². The molecule has 0 aliphatic rings. The van der Waals surface area contributed by atoms with Crippen molar-refractivity contribution in [3.05, 3.63) is 29.8 Å². The van der Waals surface area contributed by atoms with Gasteiger partial charge in [0.1, 0.15) is 0 Å². The summed E-state index contributed by atoms with van der Waals surface area (Å²) < 4.78 is 25.0. The number of benzene rings is 1. The van der Waals surface area contributed by atoms with Gasteiger partial charge in [-0.25, -0.2) is 8.78 Å². The average molecular weight is 301 g/mol. The second kappa shape index (κ2) is 8.66. The number of nitrogens with two attached hydrogens (primary N) is 1. The average Bonchev–Trinajstić information content (AvgIpc) is 2.46. The summed E-state index contributed by atoms with van der Waals surface area (Å²) in [6, 6.07) is 6.21. The van der Waals surface area contributed by atoms with Crippen LogP contribution in [0.5, 0.6) is 0 Å². The van der Waals surface area contributed by atoms with Gasteiger partial charge in [0, 0.05) is 18.8 Å². The van der Waals surface area contributed by atoms with Crippen molar-refractivity contribution in [3.63, 3.8) is 0 Å². The number of amides is 1. The van der Waals surface area contributed by atoms with Gasteiger partial charge < -0.3 is 16.2 Å². The fourth-order valence-corrected chi connectivity index (χ4v) is 1.89. The van der Waals surface area contributed by atoms with Gasteiger partial charge >= 0.3 is 0 Å². The molecule has 0 radical (unpaired) electrons. The second-order valence-electron chi connectivity index (χ2n) is 4.68. The lowest BCUT2D eigenvalue weighted by molar-refractivity contribution is -0.121. The van der Waals surface area contributed by atoms with E-state index in [2.05, 4.69) is 5.32 Å². The van der Waals surface area contributed by atoms with E-state index in [1.807, 2.05) is 0 Å². The molecule has 1 atom stereocenters. The Morgan fingerprint density at radius 2 is 2.00 bits per heavy atom. The van der Waals surface area contributed by atoms with Gasteiger partial charge in [-0.15, -0.1) is 0 Å². The number of alkyl halides is 2. The van der Waals surface area contributed by atoms with Crippen LogP contribution in [0.15, 0.2) is 24.3 Å². The van der Waals surface area contributed by atoms with Gasteiger partial charge in [-0.3, -0.25) is 9.69 Å². The smallest absolute Gasteiger partial charge is 0.251 e. The molecule has 0 spiro atoms. The number of aliphatic hydroxyl groups is 1. The van der Waals surface area contributed by atoms with Gasteiger partial charge in [-0.1, -0.05) is 12.1 Å². The first-order valence-electron chi connectivity index (χ1n) is 6.70. The Bertz CT molecular complexity index is 440. The van der Waals surface area contributed by atoms with Crippen LogP contribution in [0, 0.1) is 0 Å². The third kappa shape index (κ3) is 5.74. The van der Waals surface area contributed by atoms with Crippen LogP contribution >= 0.6 is 0 Å². The minimum absolute atomic E-state index is 0.0189. The minimum atomic E-state index is -2.56. The zero-order chi connectivity index (χ0) is 15.8. The van der Waals surface area contributed by atoms with E-state index in [0.717, 1.165) is 5.56 Å². The summed E-state index contributed by atoms with van der Waals surface area (Å²) in [6.07, 6.45) is -2.56. The largest absolute Gasteiger partial charge is 0.395 e. The van der Waals surface area contributed by atoms with Crippen LogP contribution in [-0.2, 0) is 11.3 Å². The Balaban J connectivity index is 2.66. The molecule has 7 heteroatoms. The third-order valence-corrected chi connectivity index (χ3v) is 3.14. The lowest BCUT2D eigenvalue weighted by Gasteiger charge is -2.27. The highest BCUT2D eigenvalue weighted by molar-refractivity contribution is 5.94. The van der Waals surface area contributed by atoms with Crippen molar-refractivity contribution in [1.29, 1.82) is 0 Å². The summed E-state index contributed by atoms with van der Waals surface area (Å²) in [4.78, 5) is 13.3. The van der Waals surface area contributed by atoms with E-state index in [9.17, 15) is 13.6 Å². The lowest BCUT2D eigenvalue weighted by atomic mass is 10.2. The summed E-state index contributed by atoms with van der Waals surface area (Å²) in [5.41, 5.74) is 6.99. The van der Waals surface area contributed by atoms with Crippen molar-refractivity contribution in [2.24, 2.45) is 5.73 Å². The lowest BCUT2D eigenvalue weighted by Crippen LogP contribution is -2.45. The SMILES string of the molecule is CC(C(=O)Nc1ccc(CN)cc1)N(CCO)CC(F)F. The predicted octanol–water partition coefficient (Wildman–Crippen LogP) is 1.03. The maximum atomic E-state index is 12.5. The molecule has 0 aromatic heterocycles. The first-order chi connectivity index (χ1) is 9.97. The molecule has 1 amide bonds. The highest BCUT2D eigenvalue weighted by Gasteiger charge is 2.23. The number of nitrogens with one attached hydrogen (secondary N) is 1. The van der Waals surface area contributed by atoms with Crippen molar-refractivity contribution in [3.8, 4) is 0 Å². The quantitative estimate of drug-likeness (QED) is 0.670. The van der Waals surface area contributed by atoms with Crippen LogP contribution in [0.2, 0.25) is 0 Å². The van der Waals surface area contributed by atoms with E-state index in [4.69, 9.17) is 10.8 Å². The van der Waals surface area contributed by atoms with Crippen molar-refractivity contribution in [1.82, 2.24) is 4.90 Å². The molecule has 0 aliphatic carbocycles. The zero-order valence-corrected chi connectivity index (χ0v) is 11.9. The molecule has 0 bridgehead atoms. The first-order valence-corrected chi connectivity index (χ1v) is 6.70. The van der Waals surface area contributed by atoms with Crippen molar-refractivity contribution in [2.75, 3.05) is 25.0 Å². The van der Waals surface area contributed by atoms with Crippen LogP contribution in [-0.4, -0.2) is 48.1 Å². The molecule has 0 saturated heterocycles. The van der Waals surface area contributed by atoms with Crippen LogP contribution in [0.4, 0.5) is 14.5 Å². The first kappa shape index (κ1) is 17.5. The monoisotopic (exact) mass is 301 g/mol. The number of hydrogen-bond donors (Lipinski definition) is 3. The van der Waals surface area contributed by atoms with E-state index in [-0.39, 0.29) is 13.2 Å². The molecule has 1 unspecified atom stereocenters. The summed E-state index contributed by atoms with van der Waals surface area (Å²) in [6.45, 7) is 1.12. The van der Waals surface area contributed by atoms with Gasteiger partial charge in [0.15, 0.2) is 0 Å². The molecule has 1 aromatic rings. The number of hydrogen-bond acceptors (Lipinski definition) is 4. The molecule has 1 aromatic carbocycles. The number of anilines is 1. The van der Waals surface area contributed by atoms with Gasteiger partial charge in [0.25, 0.3) is 6.43 Å². The number of rotatable bonds is 8. The zero-order valence-electron chi connectivity index (χ0n) is 11.9. The van der Waals surface area contributed by atoms with Gasteiger partial charge in [0.2, 0.25) is 5.91 Å². The number of carbonyl (C=O) groups excluding carboxylic acids is 1. The molecular weight excluding hydrogens is 280 g/mol. The number of nitrogens with zero attached hydrogens (tertiary/aromatic N) is 1. The predicted molar refractivity (Wildman–Crippen MR) is 77.1 cm³/mol. The fourth-order valence-electron chi connectivity index (χ4n) is 1.89. The Kier molecular flexibility index (Phi) is 7.21. The van der Waals surface area contributed by atoms with E-state index >= 15 is 0 Å². The minimum Gasteiger partial charge on any atom is -0.395 e.